The van der Waals surface area contributed by atoms with Crippen LogP contribution in [0.2, 0.25) is 0 Å². The molecule has 0 saturated carbocycles. The van der Waals surface area contributed by atoms with E-state index in [9.17, 15) is 14.4 Å². The molecule has 3 fully saturated rings. The van der Waals surface area contributed by atoms with E-state index in [1.54, 1.807) is 6.07 Å². The molecule has 2 aromatic carbocycles. The Kier molecular flexibility index (Phi) is 9.53. The molecule has 4 aliphatic rings. The van der Waals surface area contributed by atoms with Gasteiger partial charge >= 0.3 is 6.03 Å². The second-order valence-electron chi connectivity index (χ2n) is 14.3. The van der Waals surface area contributed by atoms with Crippen LogP contribution in [0.15, 0.2) is 42.5 Å². The van der Waals surface area contributed by atoms with E-state index < -0.39 is 10.6 Å². The minimum atomic E-state index is -0.570. The molecule has 0 aliphatic carbocycles. The van der Waals surface area contributed by atoms with Gasteiger partial charge in [-0.25, -0.2) is 9.18 Å². The van der Waals surface area contributed by atoms with Gasteiger partial charge in [0.2, 0.25) is 11.8 Å². The van der Waals surface area contributed by atoms with E-state index in [4.69, 9.17) is 0 Å². The van der Waals surface area contributed by atoms with Gasteiger partial charge in [-0.2, -0.15) is 0 Å². The molecular formula is C35H47FN6O3S. The zero-order chi connectivity index (χ0) is 32.6. The molecule has 6 rings (SSSR count). The fourth-order valence-corrected chi connectivity index (χ4v) is 8.48. The van der Waals surface area contributed by atoms with Crippen molar-refractivity contribution in [1.82, 2.24) is 19.6 Å². The number of carbonyl (C=O) groups excluding carboxylic acids is 3. The number of benzene rings is 2. The van der Waals surface area contributed by atoms with Crippen molar-refractivity contribution in [2.24, 2.45) is 5.41 Å². The highest BCUT2D eigenvalue weighted by molar-refractivity contribution is 8.01. The maximum absolute atomic E-state index is 15.8. The lowest BCUT2D eigenvalue weighted by Gasteiger charge is -2.40. The van der Waals surface area contributed by atoms with Crippen molar-refractivity contribution < 1.29 is 18.8 Å². The molecule has 0 bridgehead atoms. The number of likely N-dealkylation sites (tertiary alicyclic amines) is 1. The van der Waals surface area contributed by atoms with Gasteiger partial charge in [0.1, 0.15) is 11.2 Å². The summed E-state index contributed by atoms with van der Waals surface area (Å²) >= 11 is 1.42. The van der Waals surface area contributed by atoms with Crippen LogP contribution >= 0.6 is 11.8 Å². The first-order chi connectivity index (χ1) is 22.0. The molecule has 248 valence electrons. The summed E-state index contributed by atoms with van der Waals surface area (Å²) in [6.45, 7) is 12.0. The molecule has 11 heteroatoms. The zero-order valence-corrected chi connectivity index (χ0v) is 28.3. The first kappa shape index (κ1) is 32.6. The van der Waals surface area contributed by atoms with Crippen LogP contribution in [0.25, 0.3) is 0 Å². The smallest absolute Gasteiger partial charge is 0.322 e. The molecule has 46 heavy (non-hydrogen) atoms. The summed E-state index contributed by atoms with van der Waals surface area (Å²) in [5.41, 5.74) is 3.34. The number of rotatable bonds is 7. The van der Waals surface area contributed by atoms with Crippen molar-refractivity contribution in [3.05, 3.63) is 59.4 Å². The van der Waals surface area contributed by atoms with Gasteiger partial charge in [-0.15, -0.1) is 11.8 Å². The van der Waals surface area contributed by atoms with Crippen molar-refractivity contribution in [3.8, 4) is 0 Å². The summed E-state index contributed by atoms with van der Waals surface area (Å²) in [6.07, 6.45) is 2.25. The van der Waals surface area contributed by atoms with Gasteiger partial charge in [-0.05, 0) is 55.5 Å². The standard InChI is InChI=1S/C35H47FN6O3S/c1-35(2,3)14-17-41-32(44)29(46-33(41)31-26(36)9-7-11-28(31)39-20-18-38(4)19-21-39)22-30(43)40-15-12-25(13-16-40)42-23-24-8-5-6-10-27(24)37-34(42)45/h5-11,25,29,33H,12-23H2,1-4H3,(H,37,45). The molecule has 0 radical (unpaired) electrons. The number of piperidine rings is 1. The van der Waals surface area contributed by atoms with E-state index in [0.717, 1.165) is 49.5 Å². The summed E-state index contributed by atoms with van der Waals surface area (Å²) < 4.78 is 15.8. The molecule has 2 unspecified atom stereocenters. The number of anilines is 2. The minimum absolute atomic E-state index is 0.00337. The fourth-order valence-electron chi connectivity index (χ4n) is 6.96. The molecular weight excluding hydrogens is 603 g/mol. The molecule has 0 spiro atoms. The predicted molar refractivity (Wildman–Crippen MR) is 181 cm³/mol. The first-order valence-electron chi connectivity index (χ1n) is 16.6. The fraction of sp³-hybridized carbons (Fsp3) is 0.571. The number of carbonyl (C=O) groups is 3. The average molecular weight is 651 g/mol. The van der Waals surface area contributed by atoms with E-state index in [1.807, 2.05) is 45.0 Å². The maximum atomic E-state index is 15.8. The van der Waals surface area contributed by atoms with Gasteiger partial charge in [-0.3, -0.25) is 9.59 Å². The Morgan fingerprint density at radius 2 is 1.70 bits per heavy atom. The number of likely N-dealkylation sites (N-methyl/N-ethyl adjacent to an activating group) is 1. The SMILES string of the molecule is CN1CCN(c2cccc(F)c2C2SC(CC(=O)N3CCC(N4Cc5ccccc5NC4=O)CC3)C(=O)N2CCC(C)(C)C)CC1. The zero-order valence-electron chi connectivity index (χ0n) is 27.5. The highest BCUT2D eigenvalue weighted by Gasteiger charge is 2.45. The molecule has 2 atom stereocenters. The lowest BCUT2D eigenvalue weighted by atomic mass is 9.92. The number of halogens is 1. The highest BCUT2D eigenvalue weighted by atomic mass is 32.2. The van der Waals surface area contributed by atoms with Gasteiger partial charge in [0.05, 0.1) is 5.25 Å². The predicted octanol–water partition coefficient (Wildman–Crippen LogP) is 5.39. The number of hydrogen-bond donors (Lipinski definition) is 1. The number of nitrogens with zero attached hydrogens (tertiary/aromatic N) is 5. The number of fused-ring (bicyclic) bond motifs is 1. The van der Waals surface area contributed by atoms with Crippen LogP contribution in [-0.2, 0) is 16.1 Å². The van der Waals surface area contributed by atoms with Gasteiger partial charge in [0.15, 0.2) is 0 Å². The third-order valence-corrected chi connectivity index (χ3v) is 11.3. The normalized spacial score (nSPS) is 23.2. The lowest BCUT2D eigenvalue weighted by Crippen LogP contribution is -2.51. The van der Waals surface area contributed by atoms with Crippen LogP contribution in [0.1, 0.15) is 63.0 Å². The van der Waals surface area contributed by atoms with Gasteiger partial charge in [0, 0.05) is 81.8 Å². The largest absolute Gasteiger partial charge is 0.369 e. The number of hydrogen-bond acceptors (Lipinski definition) is 6. The second kappa shape index (κ2) is 13.4. The molecule has 3 saturated heterocycles. The summed E-state index contributed by atoms with van der Waals surface area (Å²) in [5.74, 6) is -0.443. The molecule has 9 nitrogen and oxygen atoms in total. The summed E-state index contributed by atoms with van der Waals surface area (Å²) in [4.78, 5) is 50.5. The number of para-hydroxylation sites is 1. The average Bonchev–Trinajstić information content (AvgIpc) is 3.33. The van der Waals surface area contributed by atoms with Gasteiger partial charge < -0.3 is 29.8 Å². The molecule has 2 aromatic rings. The number of nitrogens with one attached hydrogen (secondary N) is 1. The van der Waals surface area contributed by atoms with Crippen LogP contribution < -0.4 is 10.2 Å². The quantitative estimate of drug-likeness (QED) is 0.434. The van der Waals surface area contributed by atoms with Crippen LogP contribution in [-0.4, -0.2) is 102 Å². The van der Waals surface area contributed by atoms with E-state index in [-0.39, 0.29) is 41.5 Å². The van der Waals surface area contributed by atoms with E-state index >= 15 is 4.39 Å². The second-order valence-corrected chi connectivity index (χ2v) is 15.6. The van der Waals surface area contributed by atoms with Crippen molar-refractivity contribution >= 4 is 41.0 Å². The summed E-state index contributed by atoms with van der Waals surface area (Å²) in [7, 11) is 2.09. The Balaban J connectivity index is 1.14. The molecule has 0 aromatic heterocycles. The Hall–Kier alpha value is -3.31. The van der Waals surface area contributed by atoms with E-state index in [2.05, 4.69) is 42.9 Å². The number of piperazine rings is 1. The van der Waals surface area contributed by atoms with Crippen LogP contribution in [0.4, 0.5) is 20.6 Å². The Bertz CT molecular complexity index is 1450. The Morgan fingerprint density at radius 3 is 2.41 bits per heavy atom. The van der Waals surface area contributed by atoms with Crippen LogP contribution in [0.5, 0.6) is 0 Å². The number of urea groups is 1. The number of amides is 4. The Morgan fingerprint density at radius 1 is 0.978 bits per heavy atom. The monoisotopic (exact) mass is 650 g/mol. The summed E-state index contributed by atoms with van der Waals surface area (Å²) in [6, 6.07) is 13.0. The Labute approximate surface area is 276 Å². The van der Waals surface area contributed by atoms with Crippen molar-refractivity contribution in [2.75, 3.05) is 63.1 Å². The van der Waals surface area contributed by atoms with Crippen LogP contribution in [0, 0.1) is 11.2 Å². The molecule has 4 aliphatic heterocycles. The molecule has 1 N–H and O–H groups in total. The molecule has 4 amide bonds. The minimum Gasteiger partial charge on any atom is -0.369 e. The van der Waals surface area contributed by atoms with E-state index in [1.165, 1.54) is 17.8 Å². The maximum Gasteiger partial charge on any atom is 0.322 e. The third-order valence-electron chi connectivity index (χ3n) is 9.84. The lowest BCUT2D eigenvalue weighted by molar-refractivity contribution is -0.137. The molecule has 4 heterocycles. The van der Waals surface area contributed by atoms with Crippen molar-refractivity contribution in [1.29, 1.82) is 0 Å². The van der Waals surface area contributed by atoms with E-state index in [0.29, 0.717) is 44.6 Å². The van der Waals surface area contributed by atoms with Crippen molar-refractivity contribution in [2.45, 2.75) is 69.7 Å². The summed E-state index contributed by atoms with van der Waals surface area (Å²) in [5, 5.41) is 1.94. The van der Waals surface area contributed by atoms with Crippen molar-refractivity contribution in [3.63, 3.8) is 0 Å². The topological polar surface area (TPSA) is 79.4 Å². The third kappa shape index (κ3) is 7.00. The first-order valence-corrected chi connectivity index (χ1v) is 17.5. The van der Waals surface area contributed by atoms with Crippen LogP contribution in [0.3, 0.4) is 0 Å². The highest BCUT2D eigenvalue weighted by Crippen LogP contribution is 2.49. The van der Waals surface area contributed by atoms with Gasteiger partial charge in [-0.1, -0.05) is 45.0 Å². The van der Waals surface area contributed by atoms with Gasteiger partial charge in [0.25, 0.3) is 0 Å². The number of thioether (sulfide) groups is 1.